The number of nitrogens with one attached hydrogen (secondary N) is 1. The molecule has 20 heavy (non-hydrogen) atoms. The summed E-state index contributed by atoms with van der Waals surface area (Å²) < 4.78 is 25.1. The van der Waals surface area contributed by atoms with Gasteiger partial charge < -0.3 is 0 Å². The first-order valence-electron chi connectivity index (χ1n) is 7.15. The van der Waals surface area contributed by atoms with E-state index < -0.39 is 9.84 Å². The summed E-state index contributed by atoms with van der Waals surface area (Å²) in [6.45, 7) is 4.25. The molecule has 0 saturated carbocycles. The quantitative estimate of drug-likeness (QED) is 0.595. The number of aromatic nitrogens is 2. The Morgan fingerprint density at radius 1 is 1.60 bits per heavy atom. The minimum Gasteiger partial charge on any atom is -0.271 e. The molecule has 114 valence electrons. The van der Waals surface area contributed by atoms with E-state index in [1.165, 1.54) is 0 Å². The van der Waals surface area contributed by atoms with Gasteiger partial charge in [-0.05, 0) is 31.7 Å². The van der Waals surface area contributed by atoms with Gasteiger partial charge in [-0.15, -0.1) is 0 Å². The molecule has 2 rings (SSSR count). The van der Waals surface area contributed by atoms with E-state index in [4.69, 9.17) is 5.84 Å². The van der Waals surface area contributed by atoms with Crippen molar-refractivity contribution in [1.29, 1.82) is 0 Å². The Labute approximate surface area is 120 Å². The van der Waals surface area contributed by atoms with Crippen molar-refractivity contribution in [3.63, 3.8) is 0 Å². The van der Waals surface area contributed by atoms with E-state index in [1.54, 1.807) is 0 Å². The summed E-state index contributed by atoms with van der Waals surface area (Å²) >= 11 is 0. The van der Waals surface area contributed by atoms with Gasteiger partial charge in [-0.2, -0.15) is 5.10 Å². The highest BCUT2D eigenvalue weighted by Gasteiger charge is 2.33. The molecule has 0 aromatic carbocycles. The second-order valence-corrected chi connectivity index (χ2v) is 7.91. The SMILES string of the molecule is CCC(C)n1ccc(CC(NN)C2CCS(=O)(=O)C2)n1. The third-order valence-corrected chi connectivity index (χ3v) is 5.98. The Kier molecular flexibility index (Phi) is 4.82. The molecule has 0 bridgehead atoms. The predicted octanol–water partition coefficient (Wildman–Crippen LogP) is 0.663. The molecule has 1 aromatic rings. The lowest BCUT2D eigenvalue weighted by Gasteiger charge is -2.20. The van der Waals surface area contributed by atoms with Gasteiger partial charge >= 0.3 is 0 Å². The Morgan fingerprint density at radius 3 is 2.90 bits per heavy atom. The Bertz CT molecular complexity index is 540. The van der Waals surface area contributed by atoms with E-state index in [2.05, 4.69) is 24.4 Å². The van der Waals surface area contributed by atoms with Gasteiger partial charge in [0.25, 0.3) is 0 Å². The summed E-state index contributed by atoms with van der Waals surface area (Å²) in [4.78, 5) is 0. The summed E-state index contributed by atoms with van der Waals surface area (Å²) in [5.74, 6) is 6.19. The van der Waals surface area contributed by atoms with Crippen molar-refractivity contribution in [3.05, 3.63) is 18.0 Å². The predicted molar refractivity (Wildman–Crippen MR) is 78.8 cm³/mol. The summed E-state index contributed by atoms with van der Waals surface area (Å²) in [6.07, 6.45) is 4.35. The van der Waals surface area contributed by atoms with Gasteiger partial charge in [-0.25, -0.2) is 8.42 Å². The minimum absolute atomic E-state index is 0.0347. The highest BCUT2D eigenvalue weighted by molar-refractivity contribution is 7.91. The first kappa shape index (κ1) is 15.5. The molecule has 3 N–H and O–H groups in total. The number of rotatable bonds is 6. The summed E-state index contributed by atoms with van der Waals surface area (Å²) in [5.41, 5.74) is 3.73. The van der Waals surface area contributed by atoms with Crippen LogP contribution in [0.5, 0.6) is 0 Å². The van der Waals surface area contributed by atoms with Gasteiger partial charge in [-0.3, -0.25) is 16.0 Å². The summed E-state index contributed by atoms with van der Waals surface area (Å²) in [6, 6.07) is 2.33. The first-order chi connectivity index (χ1) is 9.45. The van der Waals surface area contributed by atoms with E-state index in [-0.39, 0.29) is 23.5 Å². The molecule has 0 amide bonds. The molecule has 6 nitrogen and oxygen atoms in total. The van der Waals surface area contributed by atoms with Crippen LogP contribution in [-0.2, 0) is 16.3 Å². The summed E-state index contributed by atoms with van der Waals surface area (Å²) in [7, 11) is -2.88. The van der Waals surface area contributed by atoms with Crippen LogP contribution in [0.3, 0.4) is 0 Å². The number of nitrogens with zero attached hydrogens (tertiary/aromatic N) is 2. The van der Waals surface area contributed by atoms with Crippen molar-refractivity contribution in [3.8, 4) is 0 Å². The molecule has 1 aromatic heterocycles. The maximum atomic E-state index is 11.6. The standard InChI is InChI=1S/C13H24N4O2S/c1-3-10(2)17-6-4-12(16-17)8-13(15-14)11-5-7-20(18,19)9-11/h4,6,10-11,13,15H,3,5,7-9,14H2,1-2H3. The fraction of sp³-hybridized carbons (Fsp3) is 0.769. The molecule has 1 aliphatic heterocycles. The molecule has 0 spiro atoms. The van der Waals surface area contributed by atoms with Gasteiger partial charge in [0.1, 0.15) is 0 Å². The Morgan fingerprint density at radius 2 is 2.35 bits per heavy atom. The Hall–Kier alpha value is -0.920. The second kappa shape index (κ2) is 6.24. The topological polar surface area (TPSA) is 90.0 Å². The fourth-order valence-electron chi connectivity index (χ4n) is 2.65. The van der Waals surface area contributed by atoms with Crippen LogP contribution in [0.4, 0.5) is 0 Å². The molecule has 1 aliphatic rings. The second-order valence-electron chi connectivity index (χ2n) is 5.68. The molecule has 1 saturated heterocycles. The number of hydrogen-bond donors (Lipinski definition) is 2. The molecule has 1 fully saturated rings. The van der Waals surface area contributed by atoms with Crippen LogP contribution in [0.25, 0.3) is 0 Å². The van der Waals surface area contributed by atoms with Crippen LogP contribution >= 0.6 is 0 Å². The zero-order chi connectivity index (χ0) is 14.8. The smallest absolute Gasteiger partial charge is 0.150 e. The van der Waals surface area contributed by atoms with Gasteiger partial charge in [0, 0.05) is 24.7 Å². The number of hydrazine groups is 1. The van der Waals surface area contributed by atoms with E-state index in [0.717, 1.165) is 12.1 Å². The average Bonchev–Trinajstić information content (AvgIpc) is 3.01. The third kappa shape index (κ3) is 3.59. The minimum atomic E-state index is -2.88. The Balaban J connectivity index is 2.02. The molecule has 2 heterocycles. The fourth-order valence-corrected chi connectivity index (χ4v) is 4.53. The zero-order valence-electron chi connectivity index (χ0n) is 12.1. The average molecular weight is 300 g/mol. The molecule has 3 unspecified atom stereocenters. The normalized spacial score (nSPS) is 24.6. The lowest BCUT2D eigenvalue weighted by Crippen LogP contribution is -2.43. The third-order valence-electron chi connectivity index (χ3n) is 4.19. The molecule has 0 aliphatic carbocycles. The van der Waals surface area contributed by atoms with E-state index in [1.807, 2.05) is 16.9 Å². The van der Waals surface area contributed by atoms with Crippen LogP contribution in [0.15, 0.2) is 12.3 Å². The van der Waals surface area contributed by atoms with Gasteiger partial charge in [-0.1, -0.05) is 6.92 Å². The van der Waals surface area contributed by atoms with Crippen molar-refractivity contribution in [1.82, 2.24) is 15.2 Å². The molecule has 7 heteroatoms. The number of sulfone groups is 1. The highest BCUT2D eigenvalue weighted by Crippen LogP contribution is 2.23. The van der Waals surface area contributed by atoms with Gasteiger partial charge in [0.15, 0.2) is 9.84 Å². The summed E-state index contributed by atoms with van der Waals surface area (Å²) in [5, 5.41) is 4.55. The highest BCUT2D eigenvalue weighted by atomic mass is 32.2. The first-order valence-corrected chi connectivity index (χ1v) is 8.98. The number of nitrogens with two attached hydrogens (primary N) is 1. The van der Waals surface area contributed by atoms with Crippen molar-refractivity contribution in [2.24, 2.45) is 11.8 Å². The van der Waals surface area contributed by atoms with Crippen LogP contribution in [0, 0.1) is 5.92 Å². The van der Waals surface area contributed by atoms with Crippen molar-refractivity contribution in [2.45, 2.75) is 45.2 Å². The maximum Gasteiger partial charge on any atom is 0.150 e. The van der Waals surface area contributed by atoms with Crippen LogP contribution in [-0.4, -0.2) is 35.7 Å². The van der Waals surface area contributed by atoms with E-state index in [9.17, 15) is 8.42 Å². The van der Waals surface area contributed by atoms with Gasteiger partial charge in [0.05, 0.1) is 17.2 Å². The van der Waals surface area contributed by atoms with E-state index in [0.29, 0.717) is 18.9 Å². The van der Waals surface area contributed by atoms with Crippen molar-refractivity contribution in [2.75, 3.05) is 11.5 Å². The molecule has 0 radical (unpaired) electrons. The molecular weight excluding hydrogens is 276 g/mol. The van der Waals surface area contributed by atoms with Crippen molar-refractivity contribution < 1.29 is 8.42 Å². The van der Waals surface area contributed by atoms with Crippen LogP contribution < -0.4 is 11.3 Å². The largest absolute Gasteiger partial charge is 0.271 e. The molecule has 3 atom stereocenters. The van der Waals surface area contributed by atoms with E-state index >= 15 is 0 Å². The van der Waals surface area contributed by atoms with Crippen LogP contribution in [0.1, 0.15) is 38.4 Å². The lowest BCUT2D eigenvalue weighted by molar-refractivity contribution is 0.379. The van der Waals surface area contributed by atoms with Gasteiger partial charge in [0.2, 0.25) is 0 Å². The van der Waals surface area contributed by atoms with Crippen LogP contribution in [0.2, 0.25) is 0 Å². The zero-order valence-corrected chi connectivity index (χ0v) is 12.9. The molecular formula is C13H24N4O2S. The van der Waals surface area contributed by atoms with Crippen molar-refractivity contribution >= 4 is 9.84 Å². The maximum absolute atomic E-state index is 11.6. The monoisotopic (exact) mass is 300 g/mol. The number of hydrogen-bond acceptors (Lipinski definition) is 5. The lowest BCUT2D eigenvalue weighted by atomic mass is 9.96.